The number of aryl methyl sites for hydroxylation is 2. The summed E-state index contributed by atoms with van der Waals surface area (Å²) in [5.74, 6) is 0.712. The average Bonchev–Trinajstić information content (AvgIpc) is 3.37. The number of aromatic nitrogens is 2. The average molecular weight is 466 g/mol. The van der Waals surface area contributed by atoms with Crippen LogP contribution in [0.3, 0.4) is 0 Å². The molecular formula is C29H27N3O3. The van der Waals surface area contributed by atoms with Crippen LogP contribution in [0.2, 0.25) is 0 Å². The van der Waals surface area contributed by atoms with Crippen molar-refractivity contribution in [1.29, 1.82) is 0 Å². The number of ether oxygens (including phenoxy) is 1. The van der Waals surface area contributed by atoms with Crippen molar-refractivity contribution in [3.05, 3.63) is 113 Å². The molecule has 2 heterocycles. The standard InChI is InChI=1S/C29H27N3O3/c1-4-13-35-22-12-8-11-21(16-22)28-25-26(24-19(3)14-18(2)15-23(24)33)30-31-27(25)29(34)32(28)17-20-9-6-5-7-10-20/h4-12,14-16,28,33H,1,13,17H2,2-3H3,(H,30,31). The van der Waals surface area contributed by atoms with Crippen LogP contribution in [-0.4, -0.2) is 32.7 Å². The zero-order valence-corrected chi connectivity index (χ0v) is 19.8. The highest BCUT2D eigenvalue weighted by Gasteiger charge is 2.42. The van der Waals surface area contributed by atoms with E-state index < -0.39 is 6.04 Å². The number of phenolic OH excluding ortho intramolecular Hbond substituents is 1. The lowest BCUT2D eigenvalue weighted by Crippen LogP contribution is -2.29. The van der Waals surface area contributed by atoms with Crippen LogP contribution in [0.4, 0.5) is 0 Å². The number of carbonyl (C=O) groups excluding carboxylic acids is 1. The number of aromatic amines is 1. The number of rotatable bonds is 7. The quantitative estimate of drug-likeness (QED) is 0.343. The monoisotopic (exact) mass is 465 g/mol. The summed E-state index contributed by atoms with van der Waals surface area (Å²) in [5, 5.41) is 18.4. The van der Waals surface area contributed by atoms with Crippen LogP contribution in [-0.2, 0) is 6.54 Å². The molecule has 0 spiro atoms. The van der Waals surface area contributed by atoms with Gasteiger partial charge in [-0.25, -0.2) is 0 Å². The van der Waals surface area contributed by atoms with E-state index in [1.165, 1.54) is 0 Å². The number of phenols is 1. The van der Waals surface area contributed by atoms with E-state index in [1.807, 2.05) is 79.4 Å². The summed E-state index contributed by atoms with van der Waals surface area (Å²) in [4.78, 5) is 15.5. The molecule has 5 rings (SSSR count). The lowest BCUT2D eigenvalue weighted by atomic mass is 9.93. The van der Waals surface area contributed by atoms with Crippen molar-refractivity contribution < 1.29 is 14.6 Å². The molecule has 3 aromatic carbocycles. The Labute approximate surface area is 204 Å². The Morgan fingerprint density at radius 2 is 1.91 bits per heavy atom. The third kappa shape index (κ3) is 4.08. The molecule has 0 aliphatic carbocycles. The van der Waals surface area contributed by atoms with Gasteiger partial charge >= 0.3 is 0 Å². The van der Waals surface area contributed by atoms with Crippen molar-refractivity contribution in [1.82, 2.24) is 15.1 Å². The van der Waals surface area contributed by atoms with Gasteiger partial charge in [0.1, 0.15) is 29.5 Å². The molecule has 1 unspecified atom stereocenters. The van der Waals surface area contributed by atoms with Crippen molar-refractivity contribution >= 4 is 5.91 Å². The summed E-state index contributed by atoms with van der Waals surface area (Å²) in [6.45, 7) is 8.43. The van der Waals surface area contributed by atoms with Gasteiger partial charge in [-0.15, -0.1) is 0 Å². The summed E-state index contributed by atoms with van der Waals surface area (Å²) in [6.07, 6.45) is 1.70. The summed E-state index contributed by atoms with van der Waals surface area (Å²) >= 11 is 0. The van der Waals surface area contributed by atoms with Gasteiger partial charge in [-0.3, -0.25) is 9.89 Å². The third-order valence-electron chi connectivity index (χ3n) is 6.30. The van der Waals surface area contributed by atoms with Gasteiger partial charge in [0, 0.05) is 17.7 Å². The van der Waals surface area contributed by atoms with Gasteiger partial charge in [-0.05, 0) is 54.3 Å². The maximum absolute atomic E-state index is 13.7. The molecule has 6 heteroatoms. The van der Waals surface area contributed by atoms with E-state index in [9.17, 15) is 9.90 Å². The Morgan fingerprint density at radius 1 is 1.11 bits per heavy atom. The Balaban J connectivity index is 1.67. The zero-order chi connectivity index (χ0) is 24.5. The lowest BCUT2D eigenvalue weighted by Gasteiger charge is -2.27. The molecule has 1 amide bonds. The van der Waals surface area contributed by atoms with Crippen LogP contribution in [0.1, 0.15) is 44.3 Å². The summed E-state index contributed by atoms with van der Waals surface area (Å²) in [6, 6.07) is 21.0. The summed E-state index contributed by atoms with van der Waals surface area (Å²) in [5.41, 5.74) is 6.20. The number of aromatic hydroxyl groups is 1. The number of hydrogen-bond donors (Lipinski definition) is 2. The van der Waals surface area contributed by atoms with Gasteiger partial charge in [-0.2, -0.15) is 5.10 Å². The van der Waals surface area contributed by atoms with Crippen LogP contribution in [0.5, 0.6) is 11.5 Å². The molecule has 0 saturated carbocycles. The summed E-state index contributed by atoms with van der Waals surface area (Å²) in [7, 11) is 0. The Morgan fingerprint density at radius 3 is 2.66 bits per heavy atom. The molecule has 0 saturated heterocycles. The Bertz CT molecular complexity index is 1380. The van der Waals surface area contributed by atoms with Gasteiger partial charge in [0.05, 0.1) is 6.04 Å². The topological polar surface area (TPSA) is 78.5 Å². The molecule has 0 bridgehead atoms. The molecule has 2 N–H and O–H groups in total. The zero-order valence-electron chi connectivity index (χ0n) is 19.8. The maximum atomic E-state index is 13.7. The van der Waals surface area contributed by atoms with E-state index in [-0.39, 0.29) is 11.7 Å². The fraction of sp³-hybridized carbons (Fsp3) is 0.172. The minimum atomic E-state index is -0.404. The van der Waals surface area contributed by atoms with Crippen molar-refractivity contribution in [2.24, 2.45) is 0 Å². The van der Waals surface area contributed by atoms with Gasteiger partial charge in [0.2, 0.25) is 0 Å². The fourth-order valence-corrected chi connectivity index (χ4v) is 4.86. The summed E-state index contributed by atoms with van der Waals surface area (Å²) < 4.78 is 5.79. The molecule has 0 fully saturated rings. The first-order chi connectivity index (χ1) is 17.0. The molecule has 1 atom stereocenters. The lowest BCUT2D eigenvalue weighted by molar-refractivity contribution is 0.0730. The van der Waals surface area contributed by atoms with Crippen LogP contribution in [0.15, 0.2) is 79.4 Å². The first kappa shape index (κ1) is 22.5. The Kier molecular flexibility index (Phi) is 5.87. The van der Waals surface area contributed by atoms with Gasteiger partial charge in [0.25, 0.3) is 5.91 Å². The second kappa shape index (κ2) is 9.14. The van der Waals surface area contributed by atoms with Crippen LogP contribution < -0.4 is 4.74 Å². The molecule has 0 radical (unpaired) electrons. The van der Waals surface area contributed by atoms with E-state index >= 15 is 0 Å². The van der Waals surface area contributed by atoms with Crippen molar-refractivity contribution in [2.45, 2.75) is 26.4 Å². The highest BCUT2D eigenvalue weighted by atomic mass is 16.5. The molecule has 176 valence electrons. The second-order valence-electron chi connectivity index (χ2n) is 8.83. The highest BCUT2D eigenvalue weighted by Crippen LogP contribution is 2.46. The molecular weight excluding hydrogens is 438 g/mol. The first-order valence-electron chi connectivity index (χ1n) is 11.5. The SMILES string of the molecule is C=CCOc1cccc(C2c3c(-c4c(C)cc(C)cc4O)n[nH]c3C(=O)N2Cc2ccccc2)c1. The van der Waals surface area contributed by atoms with Crippen molar-refractivity contribution in [2.75, 3.05) is 6.61 Å². The highest BCUT2D eigenvalue weighted by molar-refractivity contribution is 6.00. The third-order valence-corrected chi connectivity index (χ3v) is 6.30. The number of amides is 1. The van der Waals surface area contributed by atoms with Crippen molar-refractivity contribution in [3.8, 4) is 22.8 Å². The van der Waals surface area contributed by atoms with Gasteiger partial charge in [-0.1, -0.05) is 61.2 Å². The maximum Gasteiger partial charge on any atom is 0.273 e. The Hall–Kier alpha value is -4.32. The van der Waals surface area contributed by atoms with E-state index in [0.29, 0.717) is 35.9 Å². The van der Waals surface area contributed by atoms with E-state index in [4.69, 9.17) is 4.74 Å². The normalized spacial score (nSPS) is 14.7. The van der Waals surface area contributed by atoms with E-state index in [1.54, 1.807) is 12.1 Å². The second-order valence-corrected chi connectivity index (χ2v) is 8.83. The number of benzene rings is 3. The van der Waals surface area contributed by atoms with Crippen LogP contribution in [0.25, 0.3) is 11.3 Å². The predicted molar refractivity (Wildman–Crippen MR) is 135 cm³/mol. The number of hydrogen-bond acceptors (Lipinski definition) is 4. The fourth-order valence-electron chi connectivity index (χ4n) is 4.86. The van der Waals surface area contributed by atoms with Crippen LogP contribution in [0, 0.1) is 13.8 Å². The molecule has 1 aromatic heterocycles. The van der Waals surface area contributed by atoms with Crippen LogP contribution >= 0.6 is 0 Å². The van der Waals surface area contributed by atoms with E-state index in [2.05, 4.69) is 16.8 Å². The molecule has 4 aromatic rings. The first-order valence-corrected chi connectivity index (χ1v) is 11.5. The minimum Gasteiger partial charge on any atom is -0.507 e. The van der Waals surface area contributed by atoms with E-state index in [0.717, 1.165) is 27.8 Å². The van der Waals surface area contributed by atoms with Gasteiger partial charge in [0.15, 0.2) is 0 Å². The predicted octanol–water partition coefficient (Wildman–Crippen LogP) is 5.71. The molecule has 6 nitrogen and oxygen atoms in total. The number of nitrogens with zero attached hydrogens (tertiary/aromatic N) is 2. The van der Waals surface area contributed by atoms with Gasteiger partial charge < -0.3 is 14.7 Å². The molecule has 35 heavy (non-hydrogen) atoms. The molecule has 1 aliphatic heterocycles. The largest absolute Gasteiger partial charge is 0.507 e. The molecule has 1 aliphatic rings. The number of nitrogens with one attached hydrogen (secondary N) is 1. The number of fused-ring (bicyclic) bond motifs is 1. The number of H-pyrrole nitrogens is 1. The minimum absolute atomic E-state index is 0.130. The van der Waals surface area contributed by atoms with Crippen molar-refractivity contribution in [3.63, 3.8) is 0 Å². The smallest absolute Gasteiger partial charge is 0.273 e. The number of carbonyl (C=O) groups is 1.